The van der Waals surface area contributed by atoms with E-state index in [-0.39, 0.29) is 6.54 Å². The Labute approximate surface area is 147 Å². The van der Waals surface area contributed by atoms with Crippen LogP contribution in [-0.4, -0.2) is 32.1 Å². The van der Waals surface area contributed by atoms with Gasteiger partial charge in [0.25, 0.3) is 6.29 Å². The molecule has 0 amide bonds. The third kappa shape index (κ3) is 3.91. The van der Waals surface area contributed by atoms with Crippen LogP contribution >= 0.6 is 0 Å². The van der Waals surface area contributed by atoms with Crippen molar-refractivity contribution in [1.29, 1.82) is 0 Å². The van der Waals surface area contributed by atoms with Gasteiger partial charge in [0.1, 0.15) is 11.5 Å². The van der Waals surface area contributed by atoms with Gasteiger partial charge in [-0.05, 0) is 17.7 Å². The van der Waals surface area contributed by atoms with E-state index in [0.29, 0.717) is 23.6 Å². The summed E-state index contributed by atoms with van der Waals surface area (Å²) in [5, 5.41) is 2.92. The molecule has 1 aliphatic rings. The molecule has 0 bridgehead atoms. The highest BCUT2D eigenvalue weighted by Gasteiger charge is 2.43. The largest absolute Gasteiger partial charge is 0.497 e. The van der Waals surface area contributed by atoms with E-state index in [1.54, 1.807) is 31.4 Å². The predicted molar refractivity (Wildman–Crippen MR) is 86.7 cm³/mol. The van der Waals surface area contributed by atoms with Crippen molar-refractivity contribution in [2.24, 2.45) is 0 Å². The van der Waals surface area contributed by atoms with Crippen LogP contribution in [0.5, 0.6) is 11.5 Å². The number of rotatable bonds is 3. The van der Waals surface area contributed by atoms with E-state index in [4.69, 9.17) is 9.47 Å². The van der Waals surface area contributed by atoms with Gasteiger partial charge in [-0.25, -0.2) is 4.79 Å². The van der Waals surface area contributed by atoms with Crippen molar-refractivity contribution < 1.29 is 32.2 Å². The molecule has 0 aliphatic carbocycles. The van der Waals surface area contributed by atoms with E-state index in [2.05, 4.69) is 10.1 Å². The Hall–Kier alpha value is -2.74. The summed E-state index contributed by atoms with van der Waals surface area (Å²) in [5.41, 5.74) is 2.23. The van der Waals surface area contributed by atoms with Gasteiger partial charge in [-0.2, -0.15) is 13.2 Å². The summed E-state index contributed by atoms with van der Waals surface area (Å²) < 4.78 is 52.6. The van der Waals surface area contributed by atoms with Gasteiger partial charge in [0.2, 0.25) is 0 Å². The number of halogens is 3. The Morgan fingerprint density at radius 2 is 1.92 bits per heavy atom. The fourth-order valence-corrected chi connectivity index (χ4v) is 2.61. The SMILES string of the molecule is COc1ccc(-c2cccc3c2OC(OC(=O)C(F)(F)F)CNC3)cc1. The number of hydrogen-bond donors (Lipinski definition) is 1. The summed E-state index contributed by atoms with van der Waals surface area (Å²) in [7, 11) is 1.55. The topological polar surface area (TPSA) is 56.8 Å². The molecule has 0 aromatic heterocycles. The van der Waals surface area contributed by atoms with E-state index in [9.17, 15) is 18.0 Å². The van der Waals surface area contributed by atoms with Gasteiger partial charge in [0, 0.05) is 17.7 Å². The Morgan fingerprint density at radius 3 is 2.58 bits per heavy atom. The van der Waals surface area contributed by atoms with Crippen LogP contribution in [0.15, 0.2) is 42.5 Å². The molecule has 3 rings (SSSR count). The van der Waals surface area contributed by atoms with E-state index >= 15 is 0 Å². The minimum Gasteiger partial charge on any atom is -0.497 e. The van der Waals surface area contributed by atoms with Gasteiger partial charge < -0.3 is 19.5 Å². The Kier molecular flexibility index (Phi) is 5.03. The van der Waals surface area contributed by atoms with Gasteiger partial charge in [-0.3, -0.25) is 0 Å². The Balaban J connectivity index is 1.90. The van der Waals surface area contributed by atoms with Crippen molar-refractivity contribution in [2.45, 2.75) is 19.0 Å². The second kappa shape index (κ2) is 7.25. The number of fused-ring (bicyclic) bond motifs is 1. The maximum absolute atomic E-state index is 12.5. The fraction of sp³-hybridized carbons (Fsp3) is 0.278. The average Bonchev–Trinajstić information content (AvgIpc) is 2.82. The van der Waals surface area contributed by atoms with Crippen LogP contribution in [-0.2, 0) is 16.1 Å². The molecule has 1 N–H and O–H groups in total. The standard InChI is InChI=1S/C18H16F3NO4/c1-24-13-7-5-11(6-8-13)14-4-2-3-12-9-22-10-15(25-16(12)14)26-17(23)18(19,20)21/h2-8,15,22H,9-10H2,1H3. The molecule has 0 fully saturated rings. The quantitative estimate of drug-likeness (QED) is 0.844. The molecule has 1 aliphatic heterocycles. The Morgan fingerprint density at radius 1 is 1.19 bits per heavy atom. The number of hydrogen-bond acceptors (Lipinski definition) is 5. The van der Waals surface area contributed by atoms with E-state index in [1.807, 2.05) is 18.2 Å². The van der Waals surface area contributed by atoms with Crippen molar-refractivity contribution >= 4 is 5.97 Å². The first-order valence-corrected chi connectivity index (χ1v) is 7.80. The number of methoxy groups -OCH3 is 1. The van der Waals surface area contributed by atoms with Gasteiger partial charge in [-0.1, -0.05) is 30.3 Å². The van der Waals surface area contributed by atoms with Gasteiger partial charge in [-0.15, -0.1) is 0 Å². The highest BCUT2D eigenvalue weighted by Crippen LogP contribution is 2.36. The number of benzene rings is 2. The van der Waals surface area contributed by atoms with E-state index < -0.39 is 18.4 Å². The van der Waals surface area contributed by atoms with Crippen LogP contribution in [0.2, 0.25) is 0 Å². The van der Waals surface area contributed by atoms with E-state index in [0.717, 1.165) is 11.1 Å². The van der Waals surface area contributed by atoms with Crippen LogP contribution in [0, 0.1) is 0 Å². The summed E-state index contributed by atoms with van der Waals surface area (Å²) in [6.07, 6.45) is -6.46. The number of carbonyl (C=O) groups is 1. The number of para-hydroxylation sites is 1. The molecule has 0 saturated heterocycles. The van der Waals surface area contributed by atoms with Gasteiger partial charge in [0.05, 0.1) is 13.7 Å². The lowest BCUT2D eigenvalue weighted by Gasteiger charge is -2.20. The average molecular weight is 367 g/mol. The van der Waals surface area contributed by atoms with E-state index in [1.165, 1.54) is 0 Å². The van der Waals surface area contributed by atoms with Crippen molar-refractivity contribution in [3.63, 3.8) is 0 Å². The van der Waals surface area contributed by atoms with Gasteiger partial charge >= 0.3 is 12.1 Å². The second-order valence-electron chi connectivity index (χ2n) is 5.60. The Bertz CT molecular complexity index is 790. The first-order valence-electron chi connectivity index (χ1n) is 7.80. The molecule has 8 heteroatoms. The minimum atomic E-state index is -5.08. The zero-order chi connectivity index (χ0) is 18.7. The molecule has 0 radical (unpaired) electrons. The number of nitrogens with one attached hydrogen (secondary N) is 1. The molecular formula is C18H16F3NO4. The van der Waals surface area contributed by atoms with Crippen molar-refractivity contribution in [3.8, 4) is 22.6 Å². The molecule has 1 atom stereocenters. The maximum Gasteiger partial charge on any atom is 0.491 e. The van der Waals surface area contributed by atoms with Crippen LogP contribution in [0.4, 0.5) is 13.2 Å². The van der Waals surface area contributed by atoms with Crippen LogP contribution in [0.3, 0.4) is 0 Å². The molecule has 138 valence electrons. The lowest BCUT2D eigenvalue weighted by Crippen LogP contribution is -2.37. The van der Waals surface area contributed by atoms with Crippen LogP contribution in [0.25, 0.3) is 11.1 Å². The predicted octanol–water partition coefficient (Wildman–Crippen LogP) is 3.28. The number of alkyl halides is 3. The van der Waals surface area contributed by atoms with Crippen LogP contribution in [0.1, 0.15) is 5.56 Å². The molecule has 5 nitrogen and oxygen atoms in total. The molecular weight excluding hydrogens is 351 g/mol. The summed E-state index contributed by atoms with van der Waals surface area (Å²) in [6, 6.07) is 12.6. The third-order valence-electron chi connectivity index (χ3n) is 3.84. The van der Waals surface area contributed by atoms with Crippen molar-refractivity contribution in [3.05, 3.63) is 48.0 Å². The third-order valence-corrected chi connectivity index (χ3v) is 3.84. The summed E-state index contributed by atoms with van der Waals surface area (Å²) in [5.74, 6) is -1.23. The monoisotopic (exact) mass is 367 g/mol. The zero-order valence-corrected chi connectivity index (χ0v) is 13.8. The lowest BCUT2D eigenvalue weighted by atomic mass is 10.0. The molecule has 1 unspecified atom stereocenters. The molecule has 2 aromatic rings. The molecule has 0 saturated carbocycles. The highest BCUT2D eigenvalue weighted by atomic mass is 19.4. The molecule has 2 aromatic carbocycles. The summed E-state index contributed by atoms with van der Waals surface area (Å²) in [4.78, 5) is 11.1. The zero-order valence-electron chi connectivity index (χ0n) is 13.8. The highest BCUT2D eigenvalue weighted by molar-refractivity contribution is 5.76. The fourth-order valence-electron chi connectivity index (χ4n) is 2.61. The van der Waals surface area contributed by atoms with Gasteiger partial charge in [0.15, 0.2) is 0 Å². The summed E-state index contributed by atoms with van der Waals surface area (Å²) >= 11 is 0. The van der Waals surface area contributed by atoms with Crippen LogP contribution < -0.4 is 14.8 Å². The first kappa shape index (κ1) is 18.1. The second-order valence-corrected chi connectivity index (χ2v) is 5.60. The normalized spacial score (nSPS) is 16.8. The summed E-state index contributed by atoms with van der Waals surface area (Å²) in [6.45, 7) is 0.317. The number of esters is 1. The molecule has 1 heterocycles. The smallest absolute Gasteiger partial charge is 0.491 e. The molecule has 0 spiro atoms. The van der Waals surface area contributed by atoms with Crippen molar-refractivity contribution in [2.75, 3.05) is 13.7 Å². The number of ether oxygens (including phenoxy) is 3. The lowest BCUT2D eigenvalue weighted by molar-refractivity contribution is -0.215. The maximum atomic E-state index is 12.5. The minimum absolute atomic E-state index is 0.0570. The molecule has 26 heavy (non-hydrogen) atoms. The van der Waals surface area contributed by atoms with Crippen molar-refractivity contribution in [1.82, 2.24) is 5.32 Å². The first-order chi connectivity index (χ1) is 12.4. The number of carbonyl (C=O) groups excluding carboxylic acids is 1.